The molecule has 0 heterocycles. The number of ether oxygens (including phenoxy) is 1. The Labute approximate surface area is 102 Å². The first-order valence-corrected chi connectivity index (χ1v) is 5.82. The molecule has 0 aliphatic rings. The Kier molecular flexibility index (Phi) is 6.29. The number of carbonyl (C=O) groups is 1. The van der Waals surface area contributed by atoms with Gasteiger partial charge in [-0.05, 0) is 12.5 Å². The van der Waals surface area contributed by atoms with Gasteiger partial charge in [-0.3, -0.25) is 4.79 Å². The molecular formula is C13H20N2O2. The maximum atomic E-state index is 11.6. The van der Waals surface area contributed by atoms with Gasteiger partial charge in [0.25, 0.3) is 0 Å². The first-order valence-electron chi connectivity index (χ1n) is 5.82. The summed E-state index contributed by atoms with van der Waals surface area (Å²) in [6, 6.07) is 7.95. The van der Waals surface area contributed by atoms with Crippen molar-refractivity contribution in [2.24, 2.45) is 5.73 Å². The van der Waals surface area contributed by atoms with Crippen LogP contribution in [0.3, 0.4) is 0 Å². The van der Waals surface area contributed by atoms with E-state index in [1.807, 2.05) is 31.2 Å². The normalized spacial score (nSPS) is 10.2. The summed E-state index contributed by atoms with van der Waals surface area (Å²) in [5, 5.41) is 2.80. The summed E-state index contributed by atoms with van der Waals surface area (Å²) in [5.41, 5.74) is 7.48. The molecule has 0 bridgehead atoms. The van der Waals surface area contributed by atoms with E-state index in [9.17, 15) is 4.79 Å². The zero-order valence-electron chi connectivity index (χ0n) is 10.2. The maximum absolute atomic E-state index is 11.6. The molecule has 0 atom stereocenters. The molecule has 1 rings (SSSR count). The van der Waals surface area contributed by atoms with Crippen LogP contribution in [0.2, 0.25) is 0 Å². The number of amides is 1. The molecule has 17 heavy (non-hydrogen) atoms. The van der Waals surface area contributed by atoms with Crippen LogP contribution in [0.5, 0.6) is 0 Å². The molecule has 0 aliphatic carbocycles. The highest BCUT2D eigenvalue weighted by Crippen LogP contribution is 2.04. The fourth-order valence-electron chi connectivity index (χ4n) is 1.52. The van der Waals surface area contributed by atoms with Crippen molar-refractivity contribution >= 4 is 5.91 Å². The van der Waals surface area contributed by atoms with Gasteiger partial charge in [0.1, 0.15) is 0 Å². The number of nitrogens with two attached hydrogens (primary N) is 1. The van der Waals surface area contributed by atoms with Gasteiger partial charge in [0, 0.05) is 13.1 Å². The minimum atomic E-state index is 0.0203. The van der Waals surface area contributed by atoms with Crippen molar-refractivity contribution in [2.75, 3.05) is 26.3 Å². The number of hydrogen-bond donors (Lipinski definition) is 2. The third-order valence-corrected chi connectivity index (χ3v) is 2.28. The van der Waals surface area contributed by atoms with E-state index in [2.05, 4.69) is 5.32 Å². The second-order valence-corrected chi connectivity index (χ2v) is 3.92. The zero-order chi connectivity index (χ0) is 12.5. The van der Waals surface area contributed by atoms with E-state index in [1.165, 1.54) is 5.56 Å². The molecule has 3 N–H and O–H groups in total. The number of nitrogens with one attached hydrogen (secondary N) is 1. The number of aryl methyl sites for hydroxylation is 1. The monoisotopic (exact) mass is 236 g/mol. The molecule has 0 radical (unpaired) electrons. The molecule has 0 spiro atoms. The van der Waals surface area contributed by atoms with Crippen LogP contribution in [-0.2, 0) is 16.0 Å². The largest absolute Gasteiger partial charge is 0.378 e. The van der Waals surface area contributed by atoms with Crippen molar-refractivity contribution < 1.29 is 9.53 Å². The minimum Gasteiger partial charge on any atom is -0.378 e. The molecule has 0 saturated heterocycles. The Bertz CT molecular complexity index is 353. The van der Waals surface area contributed by atoms with Crippen molar-refractivity contribution in [3.8, 4) is 0 Å². The van der Waals surface area contributed by atoms with Crippen molar-refractivity contribution in [3.63, 3.8) is 0 Å². The average molecular weight is 236 g/mol. The molecule has 0 unspecified atom stereocenters. The fraction of sp³-hybridized carbons (Fsp3) is 0.462. The van der Waals surface area contributed by atoms with E-state index < -0.39 is 0 Å². The smallest absolute Gasteiger partial charge is 0.224 e. The Morgan fingerprint density at radius 3 is 2.94 bits per heavy atom. The molecule has 0 saturated carbocycles. The molecule has 4 nitrogen and oxygen atoms in total. The number of hydrogen-bond acceptors (Lipinski definition) is 3. The summed E-state index contributed by atoms with van der Waals surface area (Å²) >= 11 is 0. The van der Waals surface area contributed by atoms with E-state index >= 15 is 0 Å². The van der Waals surface area contributed by atoms with E-state index in [0.717, 1.165) is 5.56 Å². The van der Waals surface area contributed by atoms with Gasteiger partial charge in [-0.25, -0.2) is 0 Å². The van der Waals surface area contributed by atoms with Gasteiger partial charge in [-0.2, -0.15) is 0 Å². The van der Waals surface area contributed by atoms with Crippen molar-refractivity contribution in [1.29, 1.82) is 0 Å². The fourth-order valence-corrected chi connectivity index (χ4v) is 1.52. The predicted octanol–water partition coefficient (Wildman–Crippen LogP) is 0.629. The van der Waals surface area contributed by atoms with Crippen LogP contribution in [0.15, 0.2) is 24.3 Å². The average Bonchev–Trinajstić information content (AvgIpc) is 2.29. The summed E-state index contributed by atoms with van der Waals surface area (Å²) in [6.45, 7) is 4.11. The summed E-state index contributed by atoms with van der Waals surface area (Å²) < 4.78 is 5.16. The molecule has 0 aliphatic heterocycles. The van der Waals surface area contributed by atoms with Crippen LogP contribution >= 0.6 is 0 Å². The van der Waals surface area contributed by atoms with Crippen LogP contribution in [0, 0.1) is 6.92 Å². The highest BCUT2D eigenvalue weighted by Gasteiger charge is 2.02. The van der Waals surface area contributed by atoms with E-state index in [4.69, 9.17) is 10.5 Å². The Hall–Kier alpha value is -1.39. The molecule has 1 aromatic rings. The lowest BCUT2D eigenvalue weighted by atomic mass is 10.1. The van der Waals surface area contributed by atoms with Gasteiger partial charge < -0.3 is 15.8 Å². The van der Waals surface area contributed by atoms with Gasteiger partial charge in [0.2, 0.25) is 5.91 Å². The second kappa shape index (κ2) is 7.81. The molecule has 4 heteroatoms. The summed E-state index contributed by atoms with van der Waals surface area (Å²) in [6.07, 6.45) is 0.415. The van der Waals surface area contributed by atoms with E-state index in [0.29, 0.717) is 32.7 Å². The van der Waals surface area contributed by atoms with E-state index in [-0.39, 0.29) is 5.91 Å². The lowest BCUT2D eigenvalue weighted by molar-refractivity contribution is -0.120. The molecule has 1 aromatic carbocycles. The highest BCUT2D eigenvalue weighted by molar-refractivity contribution is 5.78. The number of benzene rings is 1. The van der Waals surface area contributed by atoms with Crippen LogP contribution in [-0.4, -0.2) is 32.2 Å². The molecule has 94 valence electrons. The summed E-state index contributed by atoms with van der Waals surface area (Å²) in [4.78, 5) is 11.6. The standard InChI is InChI=1S/C13H20N2O2/c1-11-3-2-4-12(9-11)10-13(16)15-6-8-17-7-5-14/h2-4,9H,5-8,10,14H2,1H3,(H,15,16). The third kappa shape index (κ3) is 6.04. The van der Waals surface area contributed by atoms with Gasteiger partial charge in [0.05, 0.1) is 19.6 Å². The third-order valence-electron chi connectivity index (χ3n) is 2.28. The molecule has 1 amide bonds. The summed E-state index contributed by atoms with van der Waals surface area (Å²) in [7, 11) is 0. The zero-order valence-corrected chi connectivity index (χ0v) is 10.2. The minimum absolute atomic E-state index is 0.0203. The SMILES string of the molecule is Cc1cccc(CC(=O)NCCOCCN)c1. The van der Waals surface area contributed by atoms with E-state index in [1.54, 1.807) is 0 Å². The van der Waals surface area contributed by atoms with Crippen LogP contribution in [0.4, 0.5) is 0 Å². The van der Waals surface area contributed by atoms with Gasteiger partial charge >= 0.3 is 0 Å². The Morgan fingerprint density at radius 1 is 1.41 bits per heavy atom. The number of carbonyl (C=O) groups excluding carboxylic acids is 1. The Morgan fingerprint density at radius 2 is 2.24 bits per heavy atom. The van der Waals surface area contributed by atoms with Gasteiger partial charge in [-0.15, -0.1) is 0 Å². The van der Waals surface area contributed by atoms with Crippen LogP contribution in [0.1, 0.15) is 11.1 Å². The van der Waals surface area contributed by atoms with Crippen LogP contribution < -0.4 is 11.1 Å². The van der Waals surface area contributed by atoms with Crippen LogP contribution in [0.25, 0.3) is 0 Å². The van der Waals surface area contributed by atoms with Crippen molar-refractivity contribution in [2.45, 2.75) is 13.3 Å². The van der Waals surface area contributed by atoms with Gasteiger partial charge in [-0.1, -0.05) is 29.8 Å². The van der Waals surface area contributed by atoms with Gasteiger partial charge in [0.15, 0.2) is 0 Å². The predicted molar refractivity (Wildman–Crippen MR) is 67.8 cm³/mol. The molecular weight excluding hydrogens is 216 g/mol. The first kappa shape index (κ1) is 13.7. The first-order chi connectivity index (χ1) is 8.22. The van der Waals surface area contributed by atoms with Crippen molar-refractivity contribution in [3.05, 3.63) is 35.4 Å². The lowest BCUT2D eigenvalue weighted by Gasteiger charge is -2.06. The number of rotatable bonds is 7. The topological polar surface area (TPSA) is 64.3 Å². The Balaban J connectivity index is 2.21. The lowest BCUT2D eigenvalue weighted by Crippen LogP contribution is -2.29. The second-order valence-electron chi connectivity index (χ2n) is 3.92. The quantitative estimate of drug-likeness (QED) is 0.682. The summed E-state index contributed by atoms with van der Waals surface area (Å²) in [5.74, 6) is 0.0203. The maximum Gasteiger partial charge on any atom is 0.224 e. The highest BCUT2D eigenvalue weighted by atomic mass is 16.5. The van der Waals surface area contributed by atoms with Crippen molar-refractivity contribution in [1.82, 2.24) is 5.32 Å². The molecule has 0 fully saturated rings. The molecule has 0 aromatic heterocycles.